The van der Waals surface area contributed by atoms with Crippen molar-refractivity contribution < 1.29 is 14.7 Å². The summed E-state index contributed by atoms with van der Waals surface area (Å²) in [7, 11) is 0. The lowest BCUT2D eigenvalue weighted by molar-refractivity contribution is -0.137. The standard InChI is InChI=1S/C13H24N2O3/c1-10-7-13(2,3)9-15(8-10)12(18)14-6-4-5-11(16)17/h10H,4-9H2,1-3H3,(H,14,18)(H,16,17). The van der Waals surface area contributed by atoms with Gasteiger partial charge in [-0.3, -0.25) is 4.79 Å². The van der Waals surface area contributed by atoms with Crippen molar-refractivity contribution in [2.24, 2.45) is 11.3 Å². The van der Waals surface area contributed by atoms with Crippen LogP contribution in [0.1, 0.15) is 40.0 Å². The van der Waals surface area contributed by atoms with Crippen molar-refractivity contribution in [2.75, 3.05) is 19.6 Å². The first kappa shape index (κ1) is 14.8. The van der Waals surface area contributed by atoms with Crippen molar-refractivity contribution in [3.8, 4) is 0 Å². The molecule has 104 valence electrons. The number of hydrogen-bond acceptors (Lipinski definition) is 2. The van der Waals surface area contributed by atoms with Gasteiger partial charge in [-0.1, -0.05) is 20.8 Å². The zero-order valence-electron chi connectivity index (χ0n) is 11.5. The number of likely N-dealkylation sites (tertiary alicyclic amines) is 1. The zero-order chi connectivity index (χ0) is 13.8. The van der Waals surface area contributed by atoms with Crippen LogP contribution in [0.2, 0.25) is 0 Å². The number of carbonyl (C=O) groups excluding carboxylic acids is 1. The highest BCUT2D eigenvalue weighted by Gasteiger charge is 2.32. The summed E-state index contributed by atoms with van der Waals surface area (Å²) in [6.07, 6.45) is 1.71. The number of hydrogen-bond donors (Lipinski definition) is 2. The molecule has 1 fully saturated rings. The van der Waals surface area contributed by atoms with Gasteiger partial charge in [0.05, 0.1) is 0 Å². The van der Waals surface area contributed by atoms with Gasteiger partial charge in [0.15, 0.2) is 0 Å². The molecule has 5 heteroatoms. The van der Waals surface area contributed by atoms with Gasteiger partial charge in [-0.25, -0.2) is 4.79 Å². The number of nitrogens with one attached hydrogen (secondary N) is 1. The van der Waals surface area contributed by atoms with Crippen molar-refractivity contribution in [1.29, 1.82) is 0 Å². The molecule has 5 nitrogen and oxygen atoms in total. The monoisotopic (exact) mass is 256 g/mol. The molecule has 0 aliphatic carbocycles. The summed E-state index contributed by atoms with van der Waals surface area (Å²) in [5, 5.41) is 11.3. The number of amides is 2. The average Bonchev–Trinajstić information content (AvgIpc) is 2.20. The fourth-order valence-electron chi connectivity index (χ4n) is 2.73. The third-order valence-corrected chi connectivity index (χ3v) is 3.18. The lowest BCUT2D eigenvalue weighted by Gasteiger charge is -2.41. The van der Waals surface area contributed by atoms with E-state index in [2.05, 4.69) is 26.1 Å². The lowest BCUT2D eigenvalue weighted by atomic mass is 9.79. The van der Waals surface area contributed by atoms with Crippen molar-refractivity contribution in [3.63, 3.8) is 0 Å². The maximum absolute atomic E-state index is 11.9. The molecule has 1 unspecified atom stereocenters. The minimum Gasteiger partial charge on any atom is -0.481 e. The predicted molar refractivity (Wildman–Crippen MR) is 69.4 cm³/mol. The molecule has 0 aromatic heterocycles. The third-order valence-electron chi connectivity index (χ3n) is 3.18. The molecule has 2 amide bonds. The van der Waals surface area contributed by atoms with Gasteiger partial charge in [0.2, 0.25) is 0 Å². The summed E-state index contributed by atoms with van der Waals surface area (Å²) in [5.41, 5.74) is 0.163. The summed E-state index contributed by atoms with van der Waals surface area (Å²) < 4.78 is 0. The van der Waals surface area contributed by atoms with Crippen LogP contribution in [0.5, 0.6) is 0 Å². The molecule has 0 aromatic rings. The summed E-state index contributed by atoms with van der Waals surface area (Å²) in [6.45, 7) is 8.49. The quantitative estimate of drug-likeness (QED) is 0.755. The Morgan fingerprint density at radius 2 is 2.11 bits per heavy atom. The van der Waals surface area contributed by atoms with E-state index < -0.39 is 5.97 Å². The second-order valence-electron chi connectivity index (χ2n) is 6.08. The van der Waals surface area contributed by atoms with Gasteiger partial charge < -0.3 is 15.3 Å². The molecule has 1 saturated heterocycles. The number of carboxylic acid groups (broad SMARTS) is 1. The fraction of sp³-hybridized carbons (Fsp3) is 0.846. The van der Waals surface area contributed by atoms with E-state index in [1.165, 1.54) is 0 Å². The maximum Gasteiger partial charge on any atom is 0.317 e. The Bertz CT molecular complexity index is 315. The molecule has 18 heavy (non-hydrogen) atoms. The van der Waals surface area contributed by atoms with E-state index in [0.717, 1.165) is 19.5 Å². The van der Waals surface area contributed by atoms with Crippen LogP contribution < -0.4 is 5.32 Å². The Hall–Kier alpha value is -1.26. The smallest absolute Gasteiger partial charge is 0.317 e. The first-order valence-electron chi connectivity index (χ1n) is 6.55. The van der Waals surface area contributed by atoms with E-state index in [1.54, 1.807) is 0 Å². The molecule has 1 aliphatic heterocycles. The van der Waals surface area contributed by atoms with Crippen molar-refractivity contribution >= 4 is 12.0 Å². The molecule has 1 atom stereocenters. The number of piperidine rings is 1. The second kappa shape index (κ2) is 6.07. The van der Waals surface area contributed by atoms with Crippen LogP contribution in [0.4, 0.5) is 4.79 Å². The van der Waals surface area contributed by atoms with Crippen LogP contribution in [0.15, 0.2) is 0 Å². The lowest BCUT2D eigenvalue weighted by Crippen LogP contribution is -2.50. The Balaban J connectivity index is 2.34. The number of rotatable bonds is 4. The van der Waals surface area contributed by atoms with Crippen LogP contribution in [0.25, 0.3) is 0 Å². The molecular weight excluding hydrogens is 232 g/mol. The maximum atomic E-state index is 11.9. The van der Waals surface area contributed by atoms with Gasteiger partial charge in [-0.05, 0) is 24.2 Å². The van der Waals surface area contributed by atoms with E-state index in [4.69, 9.17) is 5.11 Å². The number of urea groups is 1. The predicted octanol–water partition coefficient (Wildman–Crippen LogP) is 1.93. The Labute approximate surface area is 109 Å². The average molecular weight is 256 g/mol. The first-order valence-corrected chi connectivity index (χ1v) is 6.55. The number of aliphatic carboxylic acids is 1. The van der Waals surface area contributed by atoms with Crippen LogP contribution in [-0.4, -0.2) is 41.6 Å². The molecule has 0 bridgehead atoms. The minimum absolute atomic E-state index is 0.0694. The van der Waals surface area contributed by atoms with E-state index in [9.17, 15) is 9.59 Å². The second-order valence-corrected chi connectivity index (χ2v) is 6.08. The molecular formula is C13H24N2O3. The zero-order valence-corrected chi connectivity index (χ0v) is 11.5. The molecule has 0 aromatic carbocycles. The van der Waals surface area contributed by atoms with Gasteiger partial charge in [0.1, 0.15) is 0 Å². The van der Waals surface area contributed by atoms with Gasteiger partial charge in [-0.2, -0.15) is 0 Å². The number of nitrogens with zero attached hydrogens (tertiary/aromatic N) is 1. The number of carbonyl (C=O) groups is 2. The Kier molecular flexibility index (Phi) is 4.99. The van der Waals surface area contributed by atoms with E-state index >= 15 is 0 Å². The van der Waals surface area contributed by atoms with Crippen LogP contribution in [0, 0.1) is 11.3 Å². The highest BCUT2D eigenvalue weighted by Crippen LogP contribution is 2.31. The van der Waals surface area contributed by atoms with Crippen molar-refractivity contribution in [2.45, 2.75) is 40.0 Å². The topological polar surface area (TPSA) is 69.6 Å². The fourth-order valence-corrected chi connectivity index (χ4v) is 2.73. The van der Waals surface area contributed by atoms with E-state index in [0.29, 0.717) is 18.9 Å². The molecule has 1 heterocycles. The Morgan fingerprint density at radius 1 is 1.44 bits per heavy atom. The van der Waals surface area contributed by atoms with Crippen molar-refractivity contribution in [1.82, 2.24) is 10.2 Å². The molecule has 2 N–H and O–H groups in total. The normalized spacial score (nSPS) is 22.6. The number of carboxylic acids is 1. The highest BCUT2D eigenvalue weighted by atomic mass is 16.4. The van der Waals surface area contributed by atoms with Crippen LogP contribution >= 0.6 is 0 Å². The summed E-state index contributed by atoms with van der Waals surface area (Å²) in [5.74, 6) is -0.310. The minimum atomic E-state index is -0.822. The van der Waals surface area contributed by atoms with Gasteiger partial charge in [0, 0.05) is 26.1 Å². The Morgan fingerprint density at radius 3 is 2.67 bits per heavy atom. The van der Waals surface area contributed by atoms with Crippen molar-refractivity contribution in [3.05, 3.63) is 0 Å². The molecule has 1 aliphatic rings. The summed E-state index contributed by atoms with van der Waals surface area (Å²) in [6, 6.07) is -0.0694. The molecule has 0 spiro atoms. The SMILES string of the molecule is CC1CN(C(=O)NCCCC(=O)O)CC(C)(C)C1. The van der Waals surface area contributed by atoms with Crippen LogP contribution in [-0.2, 0) is 4.79 Å². The molecule has 1 rings (SSSR count). The van der Waals surface area contributed by atoms with Gasteiger partial charge in [0.25, 0.3) is 0 Å². The summed E-state index contributed by atoms with van der Waals surface area (Å²) >= 11 is 0. The third kappa shape index (κ3) is 4.94. The van der Waals surface area contributed by atoms with E-state index in [1.807, 2.05) is 4.90 Å². The van der Waals surface area contributed by atoms with Crippen LogP contribution in [0.3, 0.4) is 0 Å². The largest absolute Gasteiger partial charge is 0.481 e. The molecule has 0 radical (unpaired) electrons. The summed E-state index contributed by atoms with van der Waals surface area (Å²) in [4.78, 5) is 24.1. The highest BCUT2D eigenvalue weighted by molar-refractivity contribution is 5.74. The van der Waals surface area contributed by atoms with E-state index in [-0.39, 0.29) is 17.9 Å². The molecule has 0 saturated carbocycles. The van der Waals surface area contributed by atoms with Gasteiger partial charge >= 0.3 is 12.0 Å². The van der Waals surface area contributed by atoms with Gasteiger partial charge in [-0.15, -0.1) is 0 Å². The first-order chi connectivity index (χ1) is 8.30.